The van der Waals surface area contributed by atoms with Crippen molar-refractivity contribution in [3.05, 3.63) is 66.4 Å². The molecule has 0 aliphatic carbocycles. The summed E-state index contributed by atoms with van der Waals surface area (Å²) in [6.45, 7) is -0.0616. The van der Waals surface area contributed by atoms with Crippen molar-refractivity contribution in [1.82, 2.24) is 15.0 Å². The highest BCUT2D eigenvalue weighted by atomic mass is 32.2. The molecule has 3 N–H and O–H groups in total. The van der Waals surface area contributed by atoms with E-state index in [0.29, 0.717) is 22.5 Å². The highest BCUT2D eigenvalue weighted by Crippen LogP contribution is 2.18. The molecule has 3 rings (SSSR count). The van der Waals surface area contributed by atoms with Gasteiger partial charge in [-0.05, 0) is 36.4 Å². The van der Waals surface area contributed by atoms with Crippen LogP contribution in [0, 0.1) is 11.8 Å². The molecular weight excluding hydrogens is 406 g/mol. The van der Waals surface area contributed by atoms with E-state index in [-0.39, 0.29) is 17.3 Å². The second-order valence-corrected chi connectivity index (χ2v) is 7.59. The van der Waals surface area contributed by atoms with E-state index in [1.807, 2.05) is 0 Å². The Bertz CT molecular complexity index is 1280. The molecule has 2 aromatic carbocycles. The van der Waals surface area contributed by atoms with Crippen LogP contribution in [0.1, 0.15) is 5.56 Å². The normalized spacial score (nSPS) is 10.4. The van der Waals surface area contributed by atoms with Crippen molar-refractivity contribution in [1.29, 1.82) is 0 Å². The number of hydrogen-bond donors (Lipinski definition) is 2. The standard InChI is InChI=1S/C20H15N5O4S/c21-30(28,29)18-10-6-16(7-11-18)19-13-25(24-23-19)14-20(27)22-17-8-4-15(5-9-17)3-1-2-12-26/h2,4-11,13H,14H2,(H,22,27)(H2,21,28,29). The molecule has 10 heteroatoms. The van der Waals surface area contributed by atoms with Crippen LogP contribution in [-0.4, -0.2) is 35.3 Å². The van der Waals surface area contributed by atoms with Crippen LogP contribution in [0.25, 0.3) is 11.3 Å². The zero-order chi connectivity index (χ0) is 21.6. The maximum atomic E-state index is 12.2. The number of rotatable bonds is 5. The third-order valence-corrected chi connectivity index (χ3v) is 4.77. The summed E-state index contributed by atoms with van der Waals surface area (Å²) in [5, 5.41) is 15.7. The lowest BCUT2D eigenvalue weighted by atomic mass is 10.2. The Morgan fingerprint density at radius 2 is 1.83 bits per heavy atom. The molecule has 3 aromatic rings. The van der Waals surface area contributed by atoms with E-state index >= 15 is 0 Å². The summed E-state index contributed by atoms with van der Waals surface area (Å²) in [6, 6.07) is 12.7. The molecule has 9 nitrogen and oxygen atoms in total. The summed E-state index contributed by atoms with van der Waals surface area (Å²) < 4.78 is 24.0. The lowest BCUT2D eigenvalue weighted by molar-refractivity contribution is -0.116. The molecule has 0 aliphatic rings. The summed E-state index contributed by atoms with van der Waals surface area (Å²) in [5.74, 6) is 6.55. The van der Waals surface area contributed by atoms with Crippen LogP contribution in [0.2, 0.25) is 0 Å². The topological polar surface area (TPSA) is 137 Å². The highest BCUT2D eigenvalue weighted by molar-refractivity contribution is 7.89. The average Bonchev–Trinajstić information content (AvgIpc) is 3.17. The zero-order valence-corrected chi connectivity index (χ0v) is 16.3. The van der Waals surface area contributed by atoms with Crippen molar-refractivity contribution >= 4 is 27.6 Å². The molecule has 0 unspecified atom stereocenters. The quantitative estimate of drug-likeness (QED) is 0.465. The number of carbonyl (C=O) groups is 1. The van der Waals surface area contributed by atoms with E-state index < -0.39 is 10.0 Å². The van der Waals surface area contributed by atoms with Crippen molar-refractivity contribution in [3.8, 4) is 23.1 Å². The maximum Gasteiger partial charge on any atom is 0.246 e. The Morgan fingerprint density at radius 1 is 1.13 bits per heavy atom. The van der Waals surface area contributed by atoms with E-state index in [1.54, 1.807) is 48.5 Å². The van der Waals surface area contributed by atoms with Gasteiger partial charge in [0.15, 0.2) is 0 Å². The SMILES string of the molecule is NS(=O)(=O)c1ccc(-c2cn(CC(=O)Nc3ccc(C#CC=C=O)cc3)nn2)cc1. The van der Waals surface area contributed by atoms with Crippen molar-refractivity contribution in [2.45, 2.75) is 11.4 Å². The molecule has 0 radical (unpaired) electrons. The van der Waals surface area contributed by atoms with Gasteiger partial charge < -0.3 is 5.32 Å². The molecule has 0 spiro atoms. The number of aromatic nitrogens is 3. The second-order valence-electron chi connectivity index (χ2n) is 6.03. The van der Waals surface area contributed by atoms with E-state index in [9.17, 15) is 18.0 Å². The van der Waals surface area contributed by atoms with Crippen molar-refractivity contribution < 1.29 is 18.0 Å². The Morgan fingerprint density at radius 3 is 2.47 bits per heavy atom. The Kier molecular flexibility index (Phi) is 6.20. The van der Waals surface area contributed by atoms with Crippen LogP contribution in [0.3, 0.4) is 0 Å². The van der Waals surface area contributed by atoms with Crippen LogP contribution in [-0.2, 0) is 26.2 Å². The predicted octanol–water partition coefficient (Wildman–Crippen LogP) is 0.970. The summed E-state index contributed by atoms with van der Waals surface area (Å²) >= 11 is 0. The number of carbonyl (C=O) groups excluding carboxylic acids is 2. The lowest BCUT2D eigenvalue weighted by Gasteiger charge is -2.05. The van der Waals surface area contributed by atoms with E-state index in [0.717, 1.165) is 6.08 Å². The van der Waals surface area contributed by atoms with Gasteiger partial charge in [0.2, 0.25) is 15.9 Å². The second kappa shape index (κ2) is 8.98. The minimum absolute atomic E-state index is 0.00442. The number of nitrogens with one attached hydrogen (secondary N) is 1. The molecule has 0 bridgehead atoms. The Hall–Kier alpha value is -4.03. The Balaban J connectivity index is 1.62. The summed E-state index contributed by atoms with van der Waals surface area (Å²) in [7, 11) is -3.77. The molecule has 1 aromatic heterocycles. The fourth-order valence-electron chi connectivity index (χ4n) is 2.46. The van der Waals surface area contributed by atoms with Crippen LogP contribution >= 0.6 is 0 Å². The van der Waals surface area contributed by atoms with Gasteiger partial charge in [-0.25, -0.2) is 23.0 Å². The first kappa shape index (κ1) is 20.7. The monoisotopic (exact) mass is 421 g/mol. The van der Waals surface area contributed by atoms with Crippen molar-refractivity contribution in [2.24, 2.45) is 5.14 Å². The number of allylic oxidation sites excluding steroid dienone is 1. The molecular formula is C20H15N5O4S. The predicted molar refractivity (Wildman–Crippen MR) is 109 cm³/mol. The van der Waals surface area contributed by atoms with Gasteiger partial charge in [-0.2, -0.15) is 0 Å². The molecule has 30 heavy (non-hydrogen) atoms. The van der Waals surface area contributed by atoms with E-state index in [4.69, 9.17) is 5.14 Å². The van der Waals surface area contributed by atoms with Gasteiger partial charge in [-0.1, -0.05) is 29.2 Å². The number of sulfonamides is 1. The maximum absolute atomic E-state index is 12.2. The number of hydrogen-bond acceptors (Lipinski definition) is 6. The van der Waals surface area contributed by atoms with Crippen LogP contribution in [0.5, 0.6) is 0 Å². The van der Waals surface area contributed by atoms with Crippen molar-refractivity contribution in [3.63, 3.8) is 0 Å². The number of anilines is 1. The molecule has 1 heterocycles. The van der Waals surface area contributed by atoms with Gasteiger partial charge in [0.05, 0.1) is 17.2 Å². The summed E-state index contributed by atoms with van der Waals surface area (Å²) in [5.41, 5.74) is 2.38. The van der Waals surface area contributed by atoms with Gasteiger partial charge in [0.25, 0.3) is 0 Å². The van der Waals surface area contributed by atoms with Crippen molar-refractivity contribution in [2.75, 3.05) is 5.32 Å². The van der Waals surface area contributed by atoms with Gasteiger partial charge >= 0.3 is 0 Å². The number of nitrogens with zero attached hydrogens (tertiary/aromatic N) is 3. The first-order valence-corrected chi connectivity index (χ1v) is 10.0. The number of nitrogens with two attached hydrogens (primary N) is 1. The summed E-state index contributed by atoms with van der Waals surface area (Å²) in [4.78, 5) is 22.3. The molecule has 0 saturated heterocycles. The molecule has 150 valence electrons. The third-order valence-electron chi connectivity index (χ3n) is 3.84. The molecule has 0 saturated carbocycles. The van der Waals surface area contributed by atoms with E-state index in [2.05, 4.69) is 27.5 Å². The largest absolute Gasteiger partial charge is 0.324 e. The molecule has 1 amide bonds. The van der Waals surface area contributed by atoms with E-state index in [1.165, 1.54) is 16.8 Å². The minimum atomic E-state index is -3.77. The smallest absolute Gasteiger partial charge is 0.246 e. The average molecular weight is 421 g/mol. The lowest BCUT2D eigenvalue weighted by Crippen LogP contribution is -2.19. The third kappa shape index (κ3) is 5.50. The van der Waals surface area contributed by atoms with Gasteiger partial charge in [-0.3, -0.25) is 4.79 Å². The number of benzene rings is 2. The van der Waals surface area contributed by atoms with Gasteiger partial charge in [0.1, 0.15) is 18.2 Å². The molecule has 0 atom stereocenters. The summed E-state index contributed by atoms with van der Waals surface area (Å²) in [6.07, 6.45) is 2.65. The molecule has 0 fully saturated rings. The Labute approximate surface area is 172 Å². The number of primary sulfonamides is 1. The first-order chi connectivity index (χ1) is 14.3. The fraction of sp³-hybridized carbons (Fsp3) is 0.0500. The first-order valence-electron chi connectivity index (χ1n) is 8.49. The highest BCUT2D eigenvalue weighted by Gasteiger charge is 2.11. The van der Waals surface area contributed by atoms with Crippen LogP contribution in [0.15, 0.2) is 65.7 Å². The minimum Gasteiger partial charge on any atom is -0.324 e. The molecule has 0 aliphatic heterocycles. The van der Waals surface area contributed by atoms with Gasteiger partial charge in [0, 0.05) is 16.8 Å². The van der Waals surface area contributed by atoms with Crippen LogP contribution in [0.4, 0.5) is 5.69 Å². The zero-order valence-electron chi connectivity index (χ0n) is 15.4. The fourth-order valence-corrected chi connectivity index (χ4v) is 2.97. The van der Waals surface area contributed by atoms with Gasteiger partial charge in [-0.15, -0.1) is 5.10 Å². The number of amides is 1. The van der Waals surface area contributed by atoms with Crippen LogP contribution < -0.4 is 10.5 Å².